The molecular weight excluding hydrogens is 431 g/mol. The predicted molar refractivity (Wildman–Crippen MR) is 85.0 cm³/mol. The van der Waals surface area contributed by atoms with Gasteiger partial charge in [0.1, 0.15) is 29.0 Å². The fourth-order valence-electron chi connectivity index (χ4n) is 2.45. The van der Waals surface area contributed by atoms with Gasteiger partial charge < -0.3 is 5.32 Å². The summed E-state index contributed by atoms with van der Waals surface area (Å²) >= 11 is 0. The second-order valence-electron chi connectivity index (χ2n) is 5.93. The van der Waals surface area contributed by atoms with Crippen molar-refractivity contribution in [2.45, 2.75) is 18.9 Å². The van der Waals surface area contributed by atoms with Crippen LogP contribution in [0.1, 0.15) is 17.0 Å². The minimum atomic E-state index is -5.12. The lowest BCUT2D eigenvalue weighted by molar-refractivity contribution is -0.143. The highest BCUT2D eigenvalue weighted by molar-refractivity contribution is 5.42. The largest absolute Gasteiger partial charge is 0.435 e. The molecule has 0 radical (unpaired) electrons. The number of hydrogen-bond donors (Lipinski definition) is 1. The lowest BCUT2D eigenvalue weighted by atomic mass is 10.2. The maximum Gasteiger partial charge on any atom is 0.435 e. The molecule has 0 amide bonds. The first-order chi connectivity index (χ1) is 13.9. The van der Waals surface area contributed by atoms with Crippen LogP contribution in [0.25, 0.3) is 5.69 Å². The topological polar surface area (TPSA) is 42.7 Å². The normalized spacial score (nSPS) is 12.3. The summed E-state index contributed by atoms with van der Waals surface area (Å²) in [6.45, 7) is -0.474. The zero-order chi connectivity index (χ0) is 22.3. The van der Waals surface area contributed by atoms with Gasteiger partial charge in [-0.3, -0.25) is 0 Å². The number of aromatic nitrogens is 3. The van der Waals surface area contributed by atoms with Crippen LogP contribution in [0.3, 0.4) is 0 Å². The van der Waals surface area contributed by atoms with E-state index in [2.05, 4.69) is 15.4 Å². The Kier molecular flexibility index (Phi) is 5.39. The van der Waals surface area contributed by atoms with E-state index >= 15 is 0 Å². The quantitative estimate of drug-likeness (QED) is 0.558. The molecule has 1 aromatic carbocycles. The highest BCUT2D eigenvalue weighted by atomic mass is 19.4. The van der Waals surface area contributed by atoms with E-state index < -0.39 is 59.0 Å². The molecule has 1 N–H and O–H groups in total. The SMILES string of the molecule is Fc1cc(F)c(CNc2ccc(-n3nc(C(F)(F)F)cc3C(F)(F)F)cn2)c(F)c1. The number of pyridine rings is 1. The molecule has 13 heteroatoms. The van der Waals surface area contributed by atoms with Gasteiger partial charge in [-0.25, -0.2) is 22.8 Å². The van der Waals surface area contributed by atoms with Gasteiger partial charge in [-0.05, 0) is 12.1 Å². The Morgan fingerprint density at radius 3 is 2.00 bits per heavy atom. The van der Waals surface area contributed by atoms with Crippen LogP contribution in [0.2, 0.25) is 0 Å². The maximum absolute atomic E-state index is 13.6. The number of halogens is 9. The molecule has 0 aliphatic heterocycles. The van der Waals surface area contributed by atoms with E-state index in [0.29, 0.717) is 12.1 Å². The second kappa shape index (κ2) is 7.54. The average molecular weight is 440 g/mol. The molecular formula is C17H9F9N4. The summed E-state index contributed by atoms with van der Waals surface area (Å²) in [5, 5.41) is 5.42. The van der Waals surface area contributed by atoms with Crippen molar-refractivity contribution in [2.75, 3.05) is 5.32 Å². The zero-order valence-electron chi connectivity index (χ0n) is 14.4. The van der Waals surface area contributed by atoms with E-state index in [9.17, 15) is 39.5 Å². The van der Waals surface area contributed by atoms with E-state index in [0.717, 1.165) is 18.3 Å². The summed E-state index contributed by atoms with van der Waals surface area (Å²) in [7, 11) is 0. The standard InChI is InChI=1S/C17H9F9N4/c18-8-3-11(19)10(12(20)4-8)7-28-15-2-1-9(6-27-15)30-14(17(24,25)26)5-13(29-30)16(21,22)23/h1-6H,7H2,(H,27,28). The molecule has 4 nitrogen and oxygen atoms in total. The fraction of sp³-hybridized carbons (Fsp3) is 0.176. The third-order valence-electron chi connectivity index (χ3n) is 3.83. The molecule has 0 atom stereocenters. The Hall–Kier alpha value is -3.25. The molecule has 30 heavy (non-hydrogen) atoms. The van der Waals surface area contributed by atoms with Gasteiger partial charge in [0.25, 0.3) is 0 Å². The molecule has 0 spiro atoms. The molecule has 0 saturated heterocycles. The fourth-order valence-corrected chi connectivity index (χ4v) is 2.45. The van der Waals surface area contributed by atoms with E-state index in [1.165, 1.54) is 0 Å². The van der Waals surface area contributed by atoms with Gasteiger partial charge in [0.15, 0.2) is 5.69 Å². The molecule has 160 valence electrons. The molecule has 3 rings (SSSR count). The van der Waals surface area contributed by atoms with Crippen molar-refractivity contribution in [3.05, 3.63) is 70.9 Å². The maximum atomic E-state index is 13.6. The minimum Gasteiger partial charge on any atom is -0.366 e. The third kappa shape index (κ3) is 4.49. The molecule has 0 saturated carbocycles. The first-order valence-corrected chi connectivity index (χ1v) is 7.94. The van der Waals surface area contributed by atoms with Crippen LogP contribution in [-0.2, 0) is 18.9 Å². The molecule has 0 unspecified atom stereocenters. The summed E-state index contributed by atoms with van der Waals surface area (Å²) in [6.07, 6.45) is -9.42. The van der Waals surface area contributed by atoms with Gasteiger partial charge in [-0.1, -0.05) is 0 Å². The number of benzene rings is 1. The summed E-state index contributed by atoms with van der Waals surface area (Å²) in [5.41, 5.74) is -4.34. The summed E-state index contributed by atoms with van der Waals surface area (Å²) < 4.78 is 118. The molecule has 0 bridgehead atoms. The van der Waals surface area contributed by atoms with Crippen LogP contribution < -0.4 is 5.32 Å². The molecule has 2 heterocycles. The average Bonchev–Trinajstić information content (AvgIpc) is 3.07. The van der Waals surface area contributed by atoms with Crippen LogP contribution in [0, 0.1) is 17.5 Å². The zero-order valence-corrected chi connectivity index (χ0v) is 14.4. The highest BCUT2D eigenvalue weighted by Gasteiger charge is 2.42. The number of nitrogens with zero attached hydrogens (tertiary/aromatic N) is 3. The molecule has 0 fully saturated rings. The van der Waals surface area contributed by atoms with Gasteiger partial charge >= 0.3 is 12.4 Å². The Morgan fingerprint density at radius 1 is 0.867 bits per heavy atom. The third-order valence-corrected chi connectivity index (χ3v) is 3.83. The van der Waals surface area contributed by atoms with Gasteiger partial charge in [0, 0.05) is 30.3 Å². The monoisotopic (exact) mass is 440 g/mol. The summed E-state index contributed by atoms with van der Waals surface area (Å²) in [6, 6.07) is 2.85. The molecule has 0 aliphatic rings. The van der Waals surface area contributed by atoms with Gasteiger partial charge in [-0.15, -0.1) is 0 Å². The van der Waals surface area contributed by atoms with Crippen molar-refractivity contribution < 1.29 is 39.5 Å². The van der Waals surface area contributed by atoms with Crippen LogP contribution >= 0.6 is 0 Å². The first-order valence-electron chi connectivity index (χ1n) is 7.94. The Balaban J connectivity index is 1.85. The molecule has 2 aromatic heterocycles. The number of nitrogens with one attached hydrogen (secondary N) is 1. The number of rotatable bonds is 4. The van der Waals surface area contributed by atoms with Gasteiger partial charge in [0.05, 0.1) is 11.9 Å². The smallest absolute Gasteiger partial charge is 0.366 e. The van der Waals surface area contributed by atoms with Crippen molar-refractivity contribution >= 4 is 5.82 Å². The van der Waals surface area contributed by atoms with Crippen molar-refractivity contribution in [1.82, 2.24) is 14.8 Å². The molecule has 0 aliphatic carbocycles. The Morgan fingerprint density at radius 2 is 1.50 bits per heavy atom. The van der Waals surface area contributed by atoms with Crippen LogP contribution in [-0.4, -0.2) is 14.8 Å². The van der Waals surface area contributed by atoms with Crippen LogP contribution in [0.4, 0.5) is 45.3 Å². The number of anilines is 1. The van der Waals surface area contributed by atoms with Crippen molar-refractivity contribution in [2.24, 2.45) is 0 Å². The summed E-state index contributed by atoms with van der Waals surface area (Å²) in [4.78, 5) is 3.70. The predicted octanol–water partition coefficient (Wildman–Crippen LogP) is 5.33. The minimum absolute atomic E-state index is 0.0406. The Bertz CT molecular complexity index is 1030. The number of hydrogen-bond acceptors (Lipinski definition) is 3. The lowest BCUT2D eigenvalue weighted by Gasteiger charge is -2.11. The van der Waals surface area contributed by atoms with Crippen LogP contribution in [0.15, 0.2) is 36.5 Å². The van der Waals surface area contributed by atoms with Crippen molar-refractivity contribution in [1.29, 1.82) is 0 Å². The van der Waals surface area contributed by atoms with Gasteiger partial charge in [-0.2, -0.15) is 31.4 Å². The first kappa shape index (κ1) is 21.5. The molecule has 3 aromatic rings. The van der Waals surface area contributed by atoms with E-state index in [1.807, 2.05) is 0 Å². The van der Waals surface area contributed by atoms with E-state index in [1.54, 1.807) is 0 Å². The van der Waals surface area contributed by atoms with E-state index in [4.69, 9.17) is 0 Å². The lowest BCUT2D eigenvalue weighted by Crippen LogP contribution is -2.14. The van der Waals surface area contributed by atoms with Crippen LogP contribution in [0.5, 0.6) is 0 Å². The van der Waals surface area contributed by atoms with E-state index in [-0.39, 0.29) is 16.6 Å². The summed E-state index contributed by atoms with van der Waals surface area (Å²) in [5.74, 6) is -3.50. The van der Waals surface area contributed by atoms with Gasteiger partial charge in [0.2, 0.25) is 0 Å². The van der Waals surface area contributed by atoms with Crippen molar-refractivity contribution in [3.8, 4) is 5.69 Å². The highest BCUT2D eigenvalue weighted by Crippen LogP contribution is 2.36. The Labute approximate surface area is 162 Å². The number of alkyl halides is 6. The van der Waals surface area contributed by atoms with Crippen molar-refractivity contribution in [3.63, 3.8) is 0 Å². The second-order valence-corrected chi connectivity index (χ2v) is 5.93.